The average Bonchev–Trinajstić information content (AvgIpc) is 3.06. The second kappa shape index (κ2) is 6.23. The minimum Gasteiger partial charge on any atom is -0.321 e. The molecule has 1 aromatic heterocycles. The molecule has 3 nitrogen and oxygen atoms in total. The van der Waals surface area contributed by atoms with Gasteiger partial charge in [-0.25, -0.2) is 0 Å². The summed E-state index contributed by atoms with van der Waals surface area (Å²) in [5.74, 6) is 0.0106. The van der Waals surface area contributed by atoms with E-state index in [-0.39, 0.29) is 5.91 Å². The first-order valence-electron chi connectivity index (χ1n) is 7.83. The van der Waals surface area contributed by atoms with Gasteiger partial charge in [-0.2, -0.15) is 0 Å². The number of nitrogens with one attached hydrogen (secondary N) is 1. The standard InChI is InChI=1S/C18H22N2OS/c1-4-13-7-5-6-8-15(13)19-18(21)16-9-14-10-20(12(2)3)11-17(14)22-16/h5-9,12H,4,10-11H2,1-3H3,(H,19,21). The molecule has 2 aromatic rings. The van der Waals surface area contributed by atoms with Crippen molar-refractivity contribution in [2.45, 2.75) is 46.3 Å². The third kappa shape index (κ3) is 2.94. The van der Waals surface area contributed by atoms with E-state index in [4.69, 9.17) is 0 Å². The van der Waals surface area contributed by atoms with Crippen molar-refractivity contribution < 1.29 is 4.79 Å². The van der Waals surface area contributed by atoms with Crippen molar-refractivity contribution in [1.82, 2.24) is 4.90 Å². The summed E-state index contributed by atoms with van der Waals surface area (Å²) < 4.78 is 0. The summed E-state index contributed by atoms with van der Waals surface area (Å²) in [5, 5.41) is 3.06. The molecule has 1 amide bonds. The van der Waals surface area contributed by atoms with Crippen LogP contribution in [0, 0.1) is 0 Å². The number of aryl methyl sites for hydroxylation is 1. The van der Waals surface area contributed by atoms with Crippen molar-refractivity contribution in [3.8, 4) is 0 Å². The zero-order valence-electron chi connectivity index (χ0n) is 13.3. The fourth-order valence-corrected chi connectivity index (χ4v) is 3.90. The first-order chi connectivity index (χ1) is 10.6. The lowest BCUT2D eigenvalue weighted by Crippen LogP contribution is -2.24. The number of benzene rings is 1. The van der Waals surface area contributed by atoms with Gasteiger partial charge in [0.25, 0.3) is 5.91 Å². The first-order valence-corrected chi connectivity index (χ1v) is 8.65. The minimum absolute atomic E-state index is 0.0106. The minimum atomic E-state index is 0.0106. The first kappa shape index (κ1) is 15.3. The summed E-state index contributed by atoms with van der Waals surface area (Å²) in [6.45, 7) is 8.46. The lowest BCUT2D eigenvalue weighted by molar-refractivity contribution is 0.103. The van der Waals surface area contributed by atoms with Gasteiger partial charge in [0.15, 0.2) is 0 Å². The number of nitrogens with zero attached hydrogens (tertiary/aromatic N) is 1. The molecule has 116 valence electrons. The number of carbonyl (C=O) groups excluding carboxylic acids is 1. The molecule has 1 aromatic carbocycles. The number of thiophene rings is 1. The molecule has 0 fully saturated rings. The Kier molecular flexibility index (Phi) is 4.32. The zero-order valence-corrected chi connectivity index (χ0v) is 14.2. The van der Waals surface area contributed by atoms with Crippen LogP contribution in [0.3, 0.4) is 0 Å². The Morgan fingerprint density at radius 3 is 2.77 bits per heavy atom. The van der Waals surface area contributed by atoms with Gasteiger partial charge in [-0.1, -0.05) is 25.1 Å². The molecule has 1 aliphatic rings. The molecule has 3 rings (SSSR count). The molecule has 4 heteroatoms. The van der Waals surface area contributed by atoms with Gasteiger partial charge >= 0.3 is 0 Å². The maximum atomic E-state index is 12.5. The van der Waals surface area contributed by atoms with Crippen LogP contribution < -0.4 is 5.32 Å². The van der Waals surface area contributed by atoms with Crippen LogP contribution in [0.4, 0.5) is 5.69 Å². The zero-order chi connectivity index (χ0) is 15.7. The van der Waals surface area contributed by atoms with Crippen LogP contribution >= 0.6 is 11.3 Å². The van der Waals surface area contributed by atoms with Gasteiger partial charge in [0.05, 0.1) is 4.88 Å². The van der Waals surface area contributed by atoms with Crippen LogP contribution in [0.15, 0.2) is 30.3 Å². The predicted octanol–water partition coefficient (Wildman–Crippen LogP) is 4.29. The average molecular weight is 314 g/mol. The smallest absolute Gasteiger partial charge is 0.265 e. The maximum absolute atomic E-state index is 12.5. The van der Waals surface area contributed by atoms with E-state index in [9.17, 15) is 4.79 Å². The molecular formula is C18H22N2OS. The van der Waals surface area contributed by atoms with E-state index in [1.165, 1.54) is 16.0 Å². The molecule has 0 radical (unpaired) electrons. The SMILES string of the molecule is CCc1ccccc1NC(=O)c1cc2c(s1)CN(C(C)C)C2. The Morgan fingerprint density at radius 1 is 1.32 bits per heavy atom. The number of carbonyl (C=O) groups is 1. The highest BCUT2D eigenvalue weighted by Gasteiger charge is 2.25. The van der Waals surface area contributed by atoms with Gasteiger partial charge in [0, 0.05) is 29.7 Å². The van der Waals surface area contributed by atoms with E-state index in [1.807, 2.05) is 18.2 Å². The quantitative estimate of drug-likeness (QED) is 0.913. The van der Waals surface area contributed by atoms with Crippen LogP contribution in [0.2, 0.25) is 0 Å². The summed E-state index contributed by atoms with van der Waals surface area (Å²) in [6.07, 6.45) is 0.917. The second-order valence-electron chi connectivity index (χ2n) is 6.02. The summed E-state index contributed by atoms with van der Waals surface area (Å²) in [5.41, 5.74) is 3.41. The third-order valence-corrected chi connectivity index (χ3v) is 5.38. The number of hydrogen-bond donors (Lipinski definition) is 1. The second-order valence-corrected chi connectivity index (χ2v) is 7.16. The number of amides is 1. The fraction of sp³-hybridized carbons (Fsp3) is 0.389. The van der Waals surface area contributed by atoms with Crippen molar-refractivity contribution in [2.24, 2.45) is 0 Å². The van der Waals surface area contributed by atoms with Crippen LogP contribution in [0.25, 0.3) is 0 Å². The van der Waals surface area contributed by atoms with E-state index in [2.05, 4.69) is 43.1 Å². The third-order valence-electron chi connectivity index (χ3n) is 4.22. The molecule has 0 saturated heterocycles. The van der Waals surface area contributed by atoms with Crippen LogP contribution in [0.1, 0.15) is 46.4 Å². The normalized spacial score (nSPS) is 14.4. The van der Waals surface area contributed by atoms with Crippen LogP contribution in [-0.2, 0) is 19.5 Å². The van der Waals surface area contributed by atoms with Crippen molar-refractivity contribution in [1.29, 1.82) is 0 Å². The number of rotatable bonds is 4. The lowest BCUT2D eigenvalue weighted by Gasteiger charge is -2.19. The van der Waals surface area contributed by atoms with Crippen molar-refractivity contribution in [3.05, 3.63) is 51.2 Å². The summed E-state index contributed by atoms with van der Waals surface area (Å²) in [6, 6.07) is 10.6. The summed E-state index contributed by atoms with van der Waals surface area (Å²) in [4.78, 5) is 17.1. The van der Waals surface area contributed by atoms with Crippen molar-refractivity contribution in [3.63, 3.8) is 0 Å². The van der Waals surface area contributed by atoms with Crippen molar-refractivity contribution >= 4 is 22.9 Å². The van der Waals surface area contributed by atoms with E-state index in [1.54, 1.807) is 11.3 Å². The Balaban J connectivity index is 1.74. The number of hydrogen-bond acceptors (Lipinski definition) is 3. The van der Waals surface area contributed by atoms with Gasteiger partial charge in [-0.15, -0.1) is 11.3 Å². The highest BCUT2D eigenvalue weighted by atomic mass is 32.1. The largest absolute Gasteiger partial charge is 0.321 e. The molecule has 0 saturated carbocycles. The number of anilines is 1. The molecule has 1 N–H and O–H groups in total. The van der Waals surface area contributed by atoms with E-state index in [0.29, 0.717) is 6.04 Å². The lowest BCUT2D eigenvalue weighted by atomic mass is 10.1. The van der Waals surface area contributed by atoms with Crippen LogP contribution in [0.5, 0.6) is 0 Å². The fourth-order valence-electron chi connectivity index (χ4n) is 2.80. The number of fused-ring (bicyclic) bond motifs is 1. The van der Waals surface area contributed by atoms with E-state index in [0.717, 1.165) is 30.1 Å². The summed E-state index contributed by atoms with van der Waals surface area (Å²) in [7, 11) is 0. The molecule has 2 heterocycles. The predicted molar refractivity (Wildman–Crippen MR) is 92.5 cm³/mol. The molecule has 1 aliphatic heterocycles. The van der Waals surface area contributed by atoms with Crippen LogP contribution in [-0.4, -0.2) is 16.8 Å². The Labute approximate surface area is 136 Å². The van der Waals surface area contributed by atoms with Crippen molar-refractivity contribution in [2.75, 3.05) is 5.32 Å². The monoisotopic (exact) mass is 314 g/mol. The Bertz CT molecular complexity index is 667. The Morgan fingerprint density at radius 2 is 2.09 bits per heavy atom. The molecule has 0 aliphatic carbocycles. The topological polar surface area (TPSA) is 32.3 Å². The highest BCUT2D eigenvalue weighted by molar-refractivity contribution is 7.14. The molecule has 0 spiro atoms. The van der Waals surface area contributed by atoms with E-state index < -0.39 is 0 Å². The van der Waals surface area contributed by atoms with Gasteiger partial charge in [-0.3, -0.25) is 9.69 Å². The molecule has 22 heavy (non-hydrogen) atoms. The Hall–Kier alpha value is -1.65. The van der Waals surface area contributed by atoms with E-state index >= 15 is 0 Å². The number of para-hydroxylation sites is 1. The maximum Gasteiger partial charge on any atom is 0.265 e. The molecule has 0 bridgehead atoms. The molecular weight excluding hydrogens is 292 g/mol. The van der Waals surface area contributed by atoms with Gasteiger partial charge in [0.2, 0.25) is 0 Å². The summed E-state index contributed by atoms with van der Waals surface area (Å²) >= 11 is 1.63. The van der Waals surface area contributed by atoms with Gasteiger partial charge in [0.1, 0.15) is 0 Å². The van der Waals surface area contributed by atoms with Gasteiger partial charge < -0.3 is 5.32 Å². The molecule has 0 atom stereocenters. The molecule has 0 unspecified atom stereocenters. The van der Waals surface area contributed by atoms with Gasteiger partial charge in [-0.05, 0) is 43.5 Å². The highest BCUT2D eigenvalue weighted by Crippen LogP contribution is 2.32.